The Kier molecular flexibility index (Phi) is 7.38. The highest BCUT2D eigenvalue weighted by Crippen LogP contribution is 2.45. The van der Waals surface area contributed by atoms with Gasteiger partial charge in [0.15, 0.2) is 11.6 Å². The van der Waals surface area contributed by atoms with Crippen LogP contribution in [0.3, 0.4) is 0 Å². The highest BCUT2D eigenvalue weighted by Gasteiger charge is 2.31. The molecule has 1 atom stereocenters. The predicted molar refractivity (Wildman–Crippen MR) is 183 cm³/mol. The quantitative estimate of drug-likeness (QED) is 0.191. The second-order valence-corrected chi connectivity index (χ2v) is 14.4. The van der Waals surface area contributed by atoms with Crippen LogP contribution in [0, 0.1) is 6.92 Å². The summed E-state index contributed by atoms with van der Waals surface area (Å²) in [5.41, 5.74) is 6.45. The topological polar surface area (TPSA) is 174 Å². The van der Waals surface area contributed by atoms with Gasteiger partial charge in [0.05, 0.1) is 17.6 Å². The molecule has 0 spiro atoms. The molecule has 0 saturated carbocycles. The highest BCUT2D eigenvalue weighted by molar-refractivity contribution is 7.86. The summed E-state index contributed by atoms with van der Waals surface area (Å²) in [4.78, 5) is 25.0. The average molecular weight is 696 g/mol. The summed E-state index contributed by atoms with van der Waals surface area (Å²) in [5.74, 6) is 1.01. The van der Waals surface area contributed by atoms with E-state index in [1.165, 1.54) is 11.3 Å². The largest absolute Gasteiger partial charge is 0.459 e. The molecule has 4 aromatic heterocycles. The van der Waals surface area contributed by atoms with Gasteiger partial charge in [-0.1, -0.05) is 43.3 Å². The lowest BCUT2D eigenvalue weighted by Gasteiger charge is -2.20. The van der Waals surface area contributed by atoms with E-state index in [0.717, 1.165) is 28.0 Å². The van der Waals surface area contributed by atoms with E-state index in [4.69, 9.17) is 9.26 Å². The fraction of sp³-hybridized carbons (Fsp3) is 0.242. The zero-order valence-electron chi connectivity index (χ0n) is 26.8. The molecule has 0 fully saturated rings. The zero-order valence-corrected chi connectivity index (χ0v) is 28.4. The second-order valence-electron chi connectivity index (χ2n) is 12.1. The molecule has 0 bridgehead atoms. The van der Waals surface area contributed by atoms with Crippen molar-refractivity contribution in [2.24, 2.45) is 4.99 Å². The van der Waals surface area contributed by atoms with Crippen molar-refractivity contribution in [3.63, 3.8) is 0 Å². The molecule has 1 aliphatic heterocycles. The highest BCUT2D eigenvalue weighted by atomic mass is 32.2. The molecule has 0 radical (unpaired) electrons. The Labute approximate surface area is 284 Å². The first-order valence-electron chi connectivity index (χ1n) is 15.4. The molecular weight excluding hydrogens is 667 g/mol. The molecule has 1 N–H and O–H groups in total. The normalized spacial score (nSPS) is 14.7. The summed E-state index contributed by atoms with van der Waals surface area (Å²) >= 11 is 1.28. The van der Waals surface area contributed by atoms with E-state index < -0.39 is 10.1 Å². The van der Waals surface area contributed by atoms with Gasteiger partial charge in [-0.3, -0.25) is 14.4 Å². The number of benzene rings is 2. The van der Waals surface area contributed by atoms with Gasteiger partial charge in [0.1, 0.15) is 17.7 Å². The Morgan fingerprint density at radius 3 is 2.57 bits per heavy atom. The SMILES string of the molecule is Cc1cc2c(c(-c3ncc(-c4cn5nc(OC(C)C6=NCN(c7nc(C(C)C)no7)C=C6)sc5n4)cn3)c1S(=O)(=O)O)Cc1ccccc1-2. The lowest BCUT2D eigenvalue weighted by atomic mass is 9.97. The number of hydrogen-bond donors (Lipinski definition) is 1. The number of aryl methyl sites for hydroxylation is 1. The standard InChI is InChI=1S/C33H29N9O5S2/c1-17(2)29-38-31(47-40-29)41-10-9-25(36-16-41)19(4)46-33-39-42-15-26(37-32(42)48-33)21-13-34-30(35-14-21)27-24-12-20-7-5-6-8-22(20)23(24)11-18(3)28(27)49(43,44)45/h5-11,13-15,17,19H,12,16H2,1-4H3,(H,43,44,45). The van der Waals surface area contributed by atoms with Gasteiger partial charge in [0.2, 0.25) is 4.96 Å². The van der Waals surface area contributed by atoms with Crippen LogP contribution < -0.4 is 9.64 Å². The van der Waals surface area contributed by atoms with Crippen molar-refractivity contribution in [2.45, 2.75) is 51.0 Å². The lowest BCUT2D eigenvalue weighted by molar-refractivity contribution is 0.282. The Bertz CT molecular complexity index is 2400. The van der Waals surface area contributed by atoms with Crippen molar-refractivity contribution in [3.05, 3.63) is 83.7 Å². The molecule has 2 aliphatic rings. The third kappa shape index (κ3) is 5.56. The first-order chi connectivity index (χ1) is 23.5. The maximum atomic E-state index is 12.6. The van der Waals surface area contributed by atoms with E-state index in [-0.39, 0.29) is 22.7 Å². The minimum atomic E-state index is -4.57. The minimum Gasteiger partial charge on any atom is -0.459 e. The number of fused-ring (bicyclic) bond motifs is 4. The van der Waals surface area contributed by atoms with Crippen LogP contribution in [0.15, 0.2) is 75.6 Å². The number of nitrogens with zero attached hydrogens (tertiary/aromatic N) is 9. The summed E-state index contributed by atoms with van der Waals surface area (Å²) in [6.07, 6.45) is 8.74. The van der Waals surface area contributed by atoms with Crippen molar-refractivity contribution in [1.82, 2.24) is 34.7 Å². The van der Waals surface area contributed by atoms with E-state index in [2.05, 4.69) is 35.2 Å². The number of aliphatic imine (C=N–C) groups is 1. The molecule has 14 nitrogen and oxygen atoms in total. The van der Waals surface area contributed by atoms with Gasteiger partial charge in [0.25, 0.3) is 15.3 Å². The Morgan fingerprint density at radius 1 is 1.08 bits per heavy atom. The molecule has 1 aliphatic carbocycles. The summed E-state index contributed by atoms with van der Waals surface area (Å²) in [6.45, 7) is 7.88. The summed E-state index contributed by atoms with van der Waals surface area (Å²) in [7, 11) is -4.57. The van der Waals surface area contributed by atoms with Crippen LogP contribution in [0.25, 0.3) is 38.7 Å². The third-order valence-corrected chi connectivity index (χ3v) is 10.3. The van der Waals surface area contributed by atoms with Crippen molar-refractivity contribution in [3.8, 4) is 39.0 Å². The van der Waals surface area contributed by atoms with E-state index in [9.17, 15) is 13.0 Å². The maximum absolute atomic E-state index is 12.6. The average Bonchev–Trinajstić information content (AvgIpc) is 3.87. The first kappa shape index (κ1) is 31.0. The number of anilines is 1. The van der Waals surface area contributed by atoms with Crippen LogP contribution in [0.4, 0.5) is 6.01 Å². The van der Waals surface area contributed by atoms with Crippen LogP contribution in [-0.2, 0) is 16.5 Å². The van der Waals surface area contributed by atoms with Crippen LogP contribution in [0.5, 0.6) is 5.19 Å². The molecule has 16 heteroatoms. The van der Waals surface area contributed by atoms with Crippen molar-refractivity contribution in [1.29, 1.82) is 0 Å². The number of rotatable bonds is 8. The molecule has 8 rings (SSSR count). The summed E-state index contributed by atoms with van der Waals surface area (Å²) in [6, 6.07) is 10.1. The number of ether oxygens (including phenoxy) is 1. The van der Waals surface area contributed by atoms with E-state index in [1.807, 2.05) is 57.3 Å². The monoisotopic (exact) mass is 695 g/mol. The van der Waals surface area contributed by atoms with Crippen molar-refractivity contribution < 1.29 is 22.2 Å². The molecule has 1 unspecified atom stereocenters. The molecule has 49 heavy (non-hydrogen) atoms. The number of aromatic nitrogens is 7. The lowest BCUT2D eigenvalue weighted by Crippen LogP contribution is -2.29. The Hall–Kier alpha value is -5.32. The zero-order chi connectivity index (χ0) is 34.0. The Morgan fingerprint density at radius 2 is 1.88 bits per heavy atom. The fourth-order valence-corrected chi connectivity index (χ4v) is 7.76. The van der Waals surface area contributed by atoms with Gasteiger partial charge in [-0.25, -0.2) is 19.5 Å². The van der Waals surface area contributed by atoms with Crippen LogP contribution in [0.2, 0.25) is 0 Å². The molecule has 0 saturated heterocycles. The van der Waals surface area contributed by atoms with Gasteiger partial charge >= 0.3 is 6.01 Å². The van der Waals surface area contributed by atoms with Crippen LogP contribution in [-0.4, -0.2) is 66.2 Å². The molecule has 0 amide bonds. The van der Waals surface area contributed by atoms with Crippen LogP contribution in [0.1, 0.15) is 49.2 Å². The van der Waals surface area contributed by atoms with Gasteiger partial charge < -0.3 is 9.26 Å². The van der Waals surface area contributed by atoms with Crippen LogP contribution >= 0.6 is 11.3 Å². The van der Waals surface area contributed by atoms with Crippen molar-refractivity contribution >= 4 is 38.1 Å². The second kappa shape index (κ2) is 11.7. The molecular formula is C33H29N9O5S2. The predicted octanol–water partition coefficient (Wildman–Crippen LogP) is 5.75. The number of imidazole rings is 1. The third-order valence-electron chi connectivity index (χ3n) is 8.42. The number of hydrogen-bond acceptors (Lipinski definition) is 13. The smallest absolute Gasteiger partial charge is 0.329 e. The molecule has 2 aromatic carbocycles. The molecule has 6 aromatic rings. The fourth-order valence-electron chi connectivity index (χ4n) is 6.02. The molecule has 5 heterocycles. The first-order valence-corrected chi connectivity index (χ1v) is 17.7. The Balaban J connectivity index is 1.01. The van der Waals surface area contributed by atoms with E-state index >= 15 is 0 Å². The summed E-state index contributed by atoms with van der Waals surface area (Å²) in [5, 5.41) is 8.97. The van der Waals surface area contributed by atoms with E-state index in [1.54, 1.807) is 41.0 Å². The van der Waals surface area contributed by atoms with Gasteiger partial charge in [-0.15, -0.1) is 5.10 Å². The minimum absolute atomic E-state index is 0.163. The maximum Gasteiger partial charge on any atom is 0.329 e. The van der Waals surface area contributed by atoms with Gasteiger partial charge in [0, 0.05) is 35.6 Å². The van der Waals surface area contributed by atoms with Gasteiger partial charge in [-0.2, -0.15) is 13.4 Å². The van der Waals surface area contributed by atoms with Gasteiger partial charge in [-0.05, 0) is 71.6 Å². The molecule has 248 valence electrons. The van der Waals surface area contributed by atoms with E-state index in [0.29, 0.717) is 57.5 Å². The summed E-state index contributed by atoms with van der Waals surface area (Å²) < 4.78 is 48.5. The van der Waals surface area contributed by atoms with Crippen molar-refractivity contribution in [2.75, 3.05) is 11.6 Å².